The normalized spacial score (nSPS) is 10.8. The smallest absolute Gasteiger partial charge is 0.228 e. The summed E-state index contributed by atoms with van der Waals surface area (Å²) in [4.78, 5) is 23.0. The zero-order chi connectivity index (χ0) is 15.2. The summed E-state index contributed by atoms with van der Waals surface area (Å²) in [6, 6.07) is 7.53. The summed E-state index contributed by atoms with van der Waals surface area (Å²) in [5, 5.41) is 0.315. The second kappa shape index (κ2) is 7.36. The van der Waals surface area contributed by atoms with Crippen LogP contribution in [0.15, 0.2) is 24.3 Å². The van der Waals surface area contributed by atoms with Crippen molar-refractivity contribution < 1.29 is 4.79 Å². The predicted octanol–water partition coefficient (Wildman–Crippen LogP) is 3.47. The largest absolute Gasteiger partial charge is 0.342 e. The number of benzene rings is 1. The van der Waals surface area contributed by atoms with Gasteiger partial charge in [0.25, 0.3) is 0 Å². The zero-order valence-corrected chi connectivity index (χ0v) is 13.2. The van der Waals surface area contributed by atoms with Gasteiger partial charge in [-0.05, 0) is 25.0 Å². The van der Waals surface area contributed by atoms with Crippen LogP contribution in [0.5, 0.6) is 0 Å². The first-order valence-corrected chi connectivity index (χ1v) is 7.72. The number of rotatable bonds is 6. The quantitative estimate of drug-likeness (QED) is 0.821. The number of para-hydroxylation sites is 2. The summed E-state index contributed by atoms with van der Waals surface area (Å²) in [7, 11) is 0. The maximum absolute atomic E-state index is 12.4. The van der Waals surface area contributed by atoms with Crippen LogP contribution in [0.1, 0.15) is 32.4 Å². The number of hydrogen-bond donors (Lipinski definition) is 0. The third-order valence-electron chi connectivity index (χ3n) is 3.25. The van der Waals surface area contributed by atoms with Crippen molar-refractivity contribution in [2.45, 2.75) is 33.1 Å². The molecule has 2 aromatic rings. The Morgan fingerprint density at radius 3 is 2.24 bits per heavy atom. The molecule has 1 aromatic heterocycles. The minimum Gasteiger partial charge on any atom is -0.342 e. The molecule has 112 valence electrons. The molecule has 5 heteroatoms. The van der Waals surface area contributed by atoms with E-state index >= 15 is 0 Å². The molecule has 2 rings (SSSR count). The first-order chi connectivity index (χ1) is 10.2. The van der Waals surface area contributed by atoms with Gasteiger partial charge in [0.05, 0.1) is 23.1 Å². The lowest BCUT2D eigenvalue weighted by atomic mass is 10.2. The standard InChI is InChI=1S/C16H20ClN3O/c1-3-9-20(10-4-2)15(21)11-14-16(17)19-13-8-6-5-7-12(13)18-14/h5-8H,3-4,9-11H2,1-2H3. The maximum atomic E-state index is 12.4. The molecular formula is C16H20ClN3O. The van der Waals surface area contributed by atoms with Crippen LogP contribution in [-0.4, -0.2) is 33.9 Å². The average molecular weight is 306 g/mol. The van der Waals surface area contributed by atoms with E-state index in [9.17, 15) is 4.79 Å². The summed E-state index contributed by atoms with van der Waals surface area (Å²) in [6.45, 7) is 5.67. The van der Waals surface area contributed by atoms with Crippen LogP contribution in [0.4, 0.5) is 0 Å². The highest BCUT2D eigenvalue weighted by Crippen LogP contribution is 2.18. The average Bonchev–Trinajstić information content (AvgIpc) is 2.47. The van der Waals surface area contributed by atoms with Gasteiger partial charge in [0.15, 0.2) is 5.15 Å². The van der Waals surface area contributed by atoms with E-state index in [0.717, 1.165) is 37.0 Å². The molecule has 0 spiro atoms. The molecule has 0 fully saturated rings. The Morgan fingerprint density at radius 2 is 1.67 bits per heavy atom. The molecule has 21 heavy (non-hydrogen) atoms. The molecule has 0 aliphatic heterocycles. The fourth-order valence-corrected chi connectivity index (χ4v) is 2.48. The van der Waals surface area contributed by atoms with E-state index in [4.69, 9.17) is 11.6 Å². The minimum atomic E-state index is 0.0604. The molecule has 0 N–H and O–H groups in total. The number of halogens is 1. The van der Waals surface area contributed by atoms with Crippen LogP contribution in [0.2, 0.25) is 5.15 Å². The monoisotopic (exact) mass is 305 g/mol. The Kier molecular flexibility index (Phi) is 5.51. The minimum absolute atomic E-state index is 0.0604. The van der Waals surface area contributed by atoms with E-state index in [1.807, 2.05) is 29.2 Å². The molecule has 0 unspecified atom stereocenters. The topological polar surface area (TPSA) is 46.1 Å². The number of carbonyl (C=O) groups is 1. The van der Waals surface area contributed by atoms with Crippen LogP contribution in [0.25, 0.3) is 11.0 Å². The first kappa shape index (κ1) is 15.7. The summed E-state index contributed by atoms with van der Waals surface area (Å²) >= 11 is 6.16. The van der Waals surface area contributed by atoms with E-state index in [-0.39, 0.29) is 12.3 Å². The van der Waals surface area contributed by atoms with Crippen molar-refractivity contribution in [2.75, 3.05) is 13.1 Å². The fraction of sp³-hybridized carbons (Fsp3) is 0.438. The highest BCUT2D eigenvalue weighted by atomic mass is 35.5. The summed E-state index contributed by atoms with van der Waals surface area (Å²) in [6.07, 6.45) is 2.10. The molecule has 1 amide bonds. The summed E-state index contributed by atoms with van der Waals surface area (Å²) in [5.74, 6) is 0.0604. The molecule has 0 saturated carbocycles. The van der Waals surface area contributed by atoms with Crippen molar-refractivity contribution >= 4 is 28.5 Å². The van der Waals surface area contributed by atoms with Crippen LogP contribution in [-0.2, 0) is 11.2 Å². The van der Waals surface area contributed by atoms with Gasteiger partial charge >= 0.3 is 0 Å². The second-order valence-corrected chi connectivity index (χ2v) is 5.37. The van der Waals surface area contributed by atoms with Crippen molar-refractivity contribution in [3.05, 3.63) is 35.1 Å². The number of amides is 1. The van der Waals surface area contributed by atoms with Crippen molar-refractivity contribution in [3.8, 4) is 0 Å². The third-order valence-corrected chi connectivity index (χ3v) is 3.55. The molecule has 0 bridgehead atoms. The zero-order valence-electron chi connectivity index (χ0n) is 12.5. The van der Waals surface area contributed by atoms with Gasteiger partial charge in [-0.25, -0.2) is 9.97 Å². The van der Waals surface area contributed by atoms with Crippen LogP contribution >= 0.6 is 11.6 Å². The molecule has 0 saturated heterocycles. The predicted molar refractivity (Wildman–Crippen MR) is 85.4 cm³/mol. The molecular weight excluding hydrogens is 286 g/mol. The van der Waals surface area contributed by atoms with E-state index in [1.165, 1.54) is 0 Å². The van der Waals surface area contributed by atoms with Crippen molar-refractivity contribution in [2.24, 2.45) is 0 Å². The Hall–Kier alpha value is -1.68. The van der Waals surface area contributed by atoms with Gasteiger partial charge < -0.3 is 4.90 Å². The summed E-state index contributed by atoms with van der Waals surface area (Å²) < 4.78 is 0. The first-order valence-electron chi connectivity index (χ1n) is 7.34. The SMILES string of the molecule is CCCN(CCC)C(=O)Cc1nc2ccccc2nc1Cl. The van der Waals surface area contributed by atoms with E-state index < -0.39 is 0 Å². The Morgan fingerprint density at radius 1 is 1.10 bits per heavy atom. The molecule has 0 radical (unpaired) electrons. The Labute approximate surface area is 130 Å². The van der Waals surface area contributed by atoms with Gasteiger partial charge in [-0.3, -0.25) is 4.79 Å². The van der Waals surface area contributed by atoms with Crippen LogP contribution < -0.4 is 0 Å². The number of fused-ring (bicyclic) bond motifs is 1. The molecule has 4 nitrogen and oxygen atoms in total. The molecule has 1 aromatic carbocycles. The van der Waals surface area contributed by atoms with E-state index in [1.54, 1.807) is 0 Å². The number of nitrogens with zero attached hydrogens (tertiary/aromatic N) is 3. The van der Waals surface area contributed by atoms with Gasteiger partial charge in [0.2, 0.25) is 5.91 Å². The molecule has 1 heterocycles. The number of carbonyl (C=O) groups excluding carboxylic acids is 1. The molecule has 0 atom stereocenters. The highest BCUT2D eigenvalue weighted by Gasteiger charge is 2.16. The lowest BCUT2D eigenvalue weighted by Crippen LogP contribution is -2.34. The van der Waals surface area contributed by atoms with Gasteiger partial charge in [0.1, 0.15) is 0 Å². The van der Waals surface area contributed by atoms with Gasteiger partial charge in [-0.2, -0.15) is 0 Å². The summed E-state index contributed by atoms with van der Waals surface area (Å²) in [5.41, 5.74) is 2.07. The number of aromatic nitrogens is 2. The molecule has 0 aliphatic carbocycles. The Balaban J connectivity index is 2.21. The lowest BCUT2D eigenvalue weighted by Gasteiger charge is -2.21. The van der Waals surface area contributed by atoms with Crippen molar-refractivity contribution in [1.82, 2.24) is 14.9 Å². The number of hydrogen-bond acceptors (Lipinski definition) is 3. The second-order valence-electron chi connectivity index (χ2n) is 5.01. The Bertz CT molecular complexity index is 624. The maximum Gasteiger partial charge on any atom is 0.228 e. The third kappa shape index (κ3) is 3.91. The van der Waals surface area contributed by atoms with Crippen molar-refractivity contribution in [1.29, 1.82) is 0 Å². The van der Waals surface area contributed by atoms with Crippen molar-refractivity contribution in [3.63, 3.8) is 0 Å². The van der Waals surface area contributed by atoms with Gasteiger partial charge in [-0.1, -0.05) is 37.6 Å². The van der Waals surface area contributed by atoms with Gasteiger partial charge in [0, 0.05) is 13.1 Å². The lowest BCUT2D eigenvalue weighted by molar-refractivity contribution is -0.130. The highest BCUT2D eigenvalue weighted by molar-refractivity contribution is 6.30. The van der Waals surface area contributed by atoms with Crippen LogP contribution in [0.3, 0.4) is 0 Å². The fourth-order valence-electron chi connectivity index (χ4n) is 2.28. The van der Waals surface area contributed by atoms with E-state index in [0.29, 0.717) is 10.8 Å². The van der Waals surface area contributed by atoms with Gasteiger partial charge in [-0.15, -0.1) is 0 Å². The molecule has 0 aliphatic rings. The van der Waals surface area contributed by atoms with E-state index in [2.05, 4.69) is 23.8 Å². The van der Waals surface area contributed by atoms with Crippen LogP contribution in [0, 0.1) is 0 Å².